The van der Waals surface area contributed by atoms with E-state index in [0.29, 0.717) is 12.5 Å². The zero-order chi connectivity index (χ0) is 10.8. The van der Waals surface area contributed by atoms with Gasteiger partial charge in [-0.25, -0.2) is 4.98 Å². The number of anilines is 1. The van der Waals surface area contributed by atoms with E-state index in [4.69, 9.17) is 5.73 Å². The normalized spacial score (nSPS) is 10.5. The summed E-state index contributed by atoms with van der Waals surface area (Å²) in [7, 11) is 0. The maximum absolute atomic E-state index is 5.74. The Kier molecular flexibility index (Phi) is 2.41. The zero-order valence-electron chi connectivity index (χ0n) is 8.94. The van der Waals surface area contributed by atoms with Gasteiger partial charge in [0.25, 0.3) is 0 Å². The molecule has 2 heterocycles. The molecule has 0 radical (unpaired) electrons. The quantitative estimate of drug-likeness (QED) is 0.803. The lowest BCUT2D eigenvalue weighted by Crippen LogP contribution is -2.07. The Morgan fingerprint density at radius 2 is 2.00 bits per heavy atom. The van der Waals surface area contributed by atoms with E-state index < -0.39 is 0 Å². The summed E-state index contributed by atoms with van der Waals surface area (Å²) in [5.74, 6) is 0.537. The minimum Gasteiger partial charge on any atom is -0.369 e. The second-order valence-corrected chi connectivity index (χ2v) is 3.67. The fraction of sp³-hybridized carbons (Fsp3) is 0.273. The van der Waals surface area contributed by atoms with Crippen LogP contribution >= 0.6 is 0 Å². The van der Waals surface area contributed by atoms with Crippen molar-refractivity contribution in [2.75, 3.05) is 5.73 Å². The van der Waals surface area contributed by atoms with Gasteiger partial charge >= 0.3 is 0 Å². The van der Waals surface area contributed by atoms with Crippen molar-refractivity contribution in [2.45, 2.75) is 20.4 Å². The molecule has 0 saturated heterocycles. The van der Waals surface area contributed by atoms with Crippen LogP contribution in [0.4, 0.5) is 5.95 Å². The van der Waals surface area contributed by atoms with Crippen LogP contribution in [0.1, 0.15) is 17.0 Å². The Balaban J connectivity index is 2.25. The molecule has 0 aliphatic heterocycles. The fourth-order valence-corrected chi connectivity index (χ4v) is 1.44. The number of imidazole rings is 1. The van der Waals surface area contributed by atoms with Gasteiger partial charge in [-0.05, 0) is 25.5 Å². The van der Waals surface area contributed by atoms with Gasteiger partial charge in [0.2, 0.25) is 5.95 Å². The fourth-order valence-electron chi connectivity index (χ4n) is 1.44. The highest BCUT2D eigenvalue weighted by molar-refractivity contribution is 5.24. The molecule has 0 aliphatic carbocycles. The molecule has 78 valence electrons. The maximum Gasteiger partial charge on any atom is 0.200 e. The molecule has 0 bridgehead atoms. The Hall–Kier alpha value is -1.84. The second-order valence-electron chi connectivity index (χ2n) is 3.67. The molecule has 0 aliphatic rings. The summed E-state index contributed by atoms with van der Waals surface area (Å²) in [6.45, 7) is 4.68. The monoisotopic (exact) mass is 202 g/mol. The van der Waals surface area contributed by atoms with E-state index in [9.17, 15) is 0 Å². The SMILES string of the molecule is Cc1ccc(Cn2c(C)cnc2N)nc1. The smallest absolute Gasteiger partial charge is 0.200 e. The van der Waals surface area contributed by atoms with Crippen molar-refractivity contribution in [2.24, 2.45) is 0 Å². The van der Waals surface area contributed by atoms with Gasteiger partial charge in [0.1, 0.15) is 0 Å². The Morgan fingerprint density at radius 1 is 1.20 bits per heavy atom. The van der Waals surface area contributed by atoms with Crippen LogP contribution in [0.15, 0.2) is 24.5 Å². The molecule has 2 aromatic rings. The van der Waals surface area contributed by atoms with Crippen LogP contribution in [0, 0.1) is 13.8 Å². The Morgan fingerprint density at radius 3 is 2.53 bits per heavy atom. The summed E-state index contributed by atoms with van der Waals surface area (Å²) in [6, 6.07) is 4.05. The molecule has 2 aromatic heterocycles. The van der Waals surface area contributed by atoms with Crippen molar-refractivity contribution in [1.29, 1.82) is 0 Å². The number of nitrogen functional groups attached to an aromatic ring is 1. The molecular weight excluding hydrogens is 188 g/mol. The number of hydrogen-bond acceptors (Lipinski definition) is 3. The van der Waals surface area contributed by atoms with Crippen LogP contribution in [0.2, 0.25) is 0 Å². The molecule has 15 heavy (non-hydrogen) atoms. The minimum atomic E-state index is 0.537. The van der Waals surface area contributed by atoms with Crippen LogP contribution in [-0.4, -0.2) is 14.5 Å². The average Bonchev–Trinajstić information content (AvgIpc) is 2.53. The second kappa shape index (κ2) is 3.73. The molecule has 0 unspecified atom stereocenters. The first-order valence-electron chi connectivity index (χ1n) is 4.86. The summed E-state index contributed by atoms with van der Waals surface area (Å²) in [5.41, 5.74) is 8.95. The zero-order valence-corrected chi connectivity index (χ0v) is 8.94. The van der Waals surface area contributed by atoms with Crippen LogP contribution < -0.4 is 5.73 Å². The van der Waals surface area contributed by atoms with Gasteiger partial charge in [-0.15, -0.1) is 0 Å². The molecule has 4 nitrogen and oxygen atoms in total. The van der Waals surface area contributed by atoms with E-state index in [2.05, 4.69) is 9.97 Å². The van der Waals surface area contributed by atoms with Gasteiger partial charge in [-0.1, -0.05) is 6.07 Å². The van der Waals surface area contributed by atoms with Crippen molar-refractivity contribution in [1.82, 2.24) is 14.5 Å². The number of nitrogens with two attached hydrogens (primary N) is 1. The summed E-state index contributed by atoms with van der Waals surface area (Å²) in [5, 5.41) is 0. The molecular formula is C11H14N4. The minimum absolute atomic E-state index is 0.537. The van der Waals surface area contributed by atoms with Crippen molar-refractivity contribution < 1.29 is 0 Å². The Labute approximate surface area is 88.8 Å². The van der Waals surface area contributed by atoms with E-state index in [1.165, 1.54) is 0 Å². The summed E-state index contributed by atoms with van der Waals surface area (Å²) in [4.78, 5) is 8.37. The molecule has 0 atom stereocenters. The lowest BCUT2D eigenvalue weighted by molar-refractivity contribution is 0.760. The first-order valence-corrected chi connectivity index (χ1v) is 4.86. The topological polar surface area (TPSA) is 56.7 Å². The van der Waals surface area contributed by atoms with Crippen molar-refractivity contribution in [3.05, 3.63) is 41.5 Å². The third kappa shape index (κ3) is 1.98. The van der Waals surface area contributed by atoms with Gasteiger partial charge in [0, 0.05) is 11.9 Å². The molecule has 0 spiro atoms. The molecule has 2 rings (SSSR count). The highest BCUT2D eigenvalue weighted by Crippen LogP contribution is 2.09. The number of nitrogens with zero attached hydrogens (tertiary/aromatic N) is 3. The van der Waals surface area contributed by atoms with Crippen LogP contribution in [-0.2, 0) is 6.54 Å². The summed E-state index contributed by atoms with van der Waals surface area (Å²) >= 11 is 0. The predicted molar refractivity (Wildman–Crippen MR) is 59.5 cm³/mol. The lowest BCUT2D eigenvalue weighted by atomic mass is 10.3. The standard InChI is InChI=1S/C11H14N4/c1-8-3-4-10(13-5-8)7-15-9(2)6-14-11(15)12/h3-6H,7H2,1-2H3,(H2,12,14). The molecule has 4 heteroatoms. The van der Waals surface area contributed by atoms with Gasteiger partial charge < -0.3 is 10.3 Å². The third-order valence-electron chi connectivity index (χ3n) is 2.38. The molecule has 2 N–H and O–H groups in total. The number of aryl methyl sites for hydroxylation is 2. The largest absolute Gasteiger partial charge is 0.369 e. The average molecular weight is 202 g/mol. The van der Waals surface area contributed by atoms with Crippen molar-refractivity contribution >= 4 is 5.95 Å². The summed E-state index contributed by atoms with van der Waals surface area (Å²) in [6.07, 6.45) is 3.63. The van der Waals surface area contributed by atoms with Gasteiger partial charge in [0.15, 0.2) is 0 Å². The van der Waals surface area contributed by atoms with Crippen LogP contribution in [0.3, 0.4) is 0 Å². The first-order chi connectivity index (χ1) is 7.16. The van der Waals surface area contributed by atoms with Gasteiger partial charge in [0.05, 0.1) is 18.4 Å². The maximum atomic E-state index is 5.74. The van der Waals surface area contributed by atoms with Gasteiger partial charge in [-0.3, -0.25) is 4.98 Å². The first kappa shape index (κ1) is 9.71. The number of rotatable bonds is 2. The summed E-state index contributed by atoms with van der Waals surface area (Å²) < 4.78 is 1.94. The van der Waals surface area contributed by atoms with E-state index >= 15 is 0 Å². The number of hydrogen-bond donors (Lipinski definition) is 1. The molecule has 0 fully saturated rings. The van der Waals surface area contributed by atoms with E-state index in [0.717, 1.165) is 17.0 Å². The van der Waals surface area contributed by atoms with Gasteiger partial charge in [-0.2, -0.15) is 0 Å². The number of aromatic nitrogens is 3. The van der Waals surface area contributed by atoms with E-state index in [-0.39, 0.29) is 0 Å². The Bertz CT molecular complexity index is 436. The highest BCUT2D eigenvalue weighted by Gasteiger charge is 2.04. The lowest BCUT2D eigenvalue weighted by Gasteiger charge is -2.06. The van der Waals surface area contributed by atoms with Crippen LogP contribution in [0.25, 0.3) is 0 Å². The molecule has 0 saturated carbocycles. The van der Waals surface area contributed by atoms with E-state index in [1.54, 1.807) is 6.20 Å². The molecule has 0 amide bonds. The van der Waals surface area contributed by atoms with E-state index in [1.807, 2.05) is 36.7 Å². The number of pyridine rings is 1. The van der Waals surface area contributed by atoms with Crippen LogP contribution in [0.5, 0.6) is 0 Å². The predicted octanol–water partition coefficient (Wildman–Crippen LogP) is 1.53. The van der Waals surface area contributed by atoms with Crippen molar-refractivity contribution in [3.63, 3.8) is 0 Å². The molecule has 0 aromatic carbocycles. The van der Waals surface area contributed by atoms with Crippen molar-refractivity contribution in [3.8, 4) is 0 Å². The third-order valence-corrected chi connectivity index (χ3v) is 2.38. The highest BCUT2D eigenvalue weighted by atomic mass is 15.2.